The fourth-order valence-electron chi connectivity index (χ4n) is 3.15. The van der Waals surface area contributed by atoms with Crippen LogP contribution in [-0.4, -0.2) is 26.4 Å². The maximum Gasteiger partial charge on any atom is 0.124 e. The van der Waals surface area contributed by atoms with Crippen molar-refractivity contribution < 1.29 is 23.7 Å². The summed E-state index contributed by atoms with van der Waals surface area (Å²) < 4.78 is 29.3. The molecule has 0 spiro atoms. The predicted octanol–water partition coefficient (Wildman–Crippen LogP) is 4.97. The Hall–Kier alpha value is -2.38. The quantitative estimate of drug-likeness (QED) is 0.508. The lowest BCUT2D eigenvalue weighted by molar-refractivity contribution is 0.0719. The summed E-state index contributed by atoms with van der Waals surface area (Å²) in [5, 5.41) is 0. The van der Waals surface area contributed by atoms with Gasteiger partial charge in [-0.2, -0.15) is 0 Å². The Labute approximate surface area is 181 Å². The van der Waals surface area contributed by atoms with Crippen LogP contribution < -0.4 is 9.47 Å². The van der Waals surface area contributed by atoms with Crippen LogP contribution in [0.15, 0.2) is 60.7 Å². The highest BCUT2D eigenvalue weighted by atomic mass is 32.1. The zero-order valence-electron chi connectivity index (χ0n) is 16.9. The second-order valence-corrected chi connectivity index (χ2v) is 8.13. The molecule has 0 fully saturated rings. The molecule has 0 atom stereocenters. The minimum absolute atomic E-state index is 0.482. The first-order chi connectivity index (χ1) is 14.9. The minimum Gasteiger partial charge on any atom is -0.491 e. The molecule has 6 heteroatoms. The number of hydrogen-bond donors (Lipinski definition) is 0. The average Bonchev–Trinajstić information content (AvgIpc) is 3.22. The summed E-state index contributed by atoms with van der Waals surface area (Å²) in [5.74, 6) is 1.67. The summed E-state index contributed by atoms with van der Waals surface area (Å²) in [4.78, 5) is 2.36. The van der Waals surface area contributed by atoms with Crippen LogP contribution in [0, 0.1) is 0 Å². The lowest BCUT2D eigenvalue weighted by Crippen LogP contribution is -2.13. The highest BCUT2D eigenvalue weighted by molar-refractivity contribution is 7.11. The molecule has 2 bridgehead atoms. The molecule has 1 aromatic heterocycles. The summed E-state index contributed by atoms with van der Waals surface area (Å²) in [7, 11) is 0. The molecule has 4 rings (SSSR count). The summed E-state index contributed by atoms with van der Waals surface area (Å²) in [6, 6.07) is 20.1. The fraction of sp³-hybridized carbons (Fsp3) is 0.333. The number of ether oxygens (including phenoxy) is 5. The fourth-order valence-corrected chi connectivity index (χ4v) is 4.05. The molecule has 0 saturated heterocycles. The van der Waals surface area contributed by atoms with Gasteiger partial charge in [0.05, 0.1) is 39.6 Å². The van der Waals surface area contributed by atoms with Crippen molar-refractivity contribution in [3.8, 4) is 11.5 Å². The van der Waals surface area contributed by atoms with Gasteiger partial charge >= 0.3 is 0 Å². The smallest absolute Gasteiger partial charge is 0.124 e. The number of para-hydroxylation sites is 2. The lowest BCUT2D eigenvalue weighted by Gasteiger charge is -2.13. The molecule has 2 heterocycles. The van der Waals surface area contributed by atoms with Crippen molar-refractivity contribution in [2.24, 2.45) is 0 Å². The zero-order chi connectivity index (χ0) is 20.4. The Bertz CT molecular complexity index is 851. The molecule has 0 amide bonds. The maximum absolute atomic E-state index is 5.93. The van der Waals surface area contributed by atoms with Crippen LogP contribution in [0.3, 0.4) is 0 Å². The van der Waals surface area contributed by atoms with E-state index in [-0.39, 0.29) is 0 Å². The van der Waals surface area contributed by atoms with Crippen molar-refractivity contribution in [1.29, 1.82) is 0 Å². The van der Waals surface area contributed by atoms with Gasteiger partial charge in [0.15, 0.2) is 0 Å². The lowest BCUT2D eigenvalue weighted by atomic mass is 10.2. The first-order valence-corrected chi connectivity index (χ1v) is 10.9. The molecule has 5 nitrogen and oxygen atoms in total. The molecule has 2 aromatic carbocycles. The second kappa shape index (κ2) is 11.1. The largest absolute Gasteiger partial charge is 0.491 e. The van der Waals surface area contributed by atoms with Gasteiger partial charge in [0, 0.05) is 20.9 Å². The van der Waals surface area contributed by atoms with E-state index in [9.17, 15) is 0 Å². The van der Waals surface area contributed by atoms with Crippen molar-refractivity contribution >= 4 is 11.3 Å². The van der Waals surface area contributed by atoms with Crippen LogP contribution in [0.2, 0.25) is 0 Å². The molecule has 1 aliphatic rings. The van der Waals surface area contributed by atoms with Gasteiger partial charge in [0.25, 0.3) is 0 Å². The Morgan fingerprint density at radius 3 is 1.53 bits per heavy atom. The van der Waals surface area contributed by atoms with Crippen LogP contribution in [0.1, 0.15) is 20.9 Å². The van der Waals surface area contributed by atoms with Crippen LogP contribution in [0.25, 0.3) is 0 Å². The SMILES string of the molecule is c1ccc2c(c1)COCc1ccc(s1)COCc1ccccc1OCCOCCO2. The monoisotopic (exact) mass is 426 g/mol. The number of hydrogen-bond acceptors (Lipinski definition) is 6. The van der Waals surface area contributed by atoms with Crippen molar-refractivity contribution in [2.45, 2.75) is 26.4 Å². The van der Waals surface area contributed by atoms with Crippen molar-refractivity contribution in [3.05, 3.63) is 81.5 Å². The number of fused-ring (bicyclic) bond motifs is 4. The molecule has 0 aliphatic carbocycles. The third-order valence-electron chi connectivity index (χ3n) is 4.64. The molecule has 0 unspecified atom stereocenters. The van der Waals surface area contributed by atoms with Gasteiger partial charge in [-0.1, -0.05) is 36.4 Å². The van der Waals surface area contributed by atoms with Crippen molar-refractivity contribution in [2.75, 3.05) is 26.4 Å². The Kier molecular flexibility index (Phi) is 7.75. The summed E-state index contributed by atoms with van der Waals surface area (Å²) in [6.07, 6.45) is 0. The summed E-state index contributed by atoms with van der Waals surface area (Å²) >= 11 is 1.72. The maximum atomic E-state index is 5.93. The molecule has 1 aliphatic heterocycles. The summed E-state index contributed by atoms with van der Waals surface area (Å²) in [6.45, 7) is 4.11. The van der Waals surface area contributed by atoms with E-state index < -0.39 is 0 Å². The van der Waals surface area contributed by atoms with Gasteiger partial charge < -0.3 is 23.7 Å². The van der Waals surface area contributed by atoms with E-state index in [1.165, 1.54) is 9.75 Å². The van der Waals surface area contributed by atoms with Crippen molar-refractivity contribution in [1.82, 2.24) is 0 Å². The van der Waals surface area contributed by atoms with Crippen molar-refractivity contribution in [3.63, 3.8) is 0 Å². The van der Waals surface area contributed by atoms with Crippen LogP contribution in [0.5, 0.6) is 11.5 Å². The van der Waals surface area contributed by atoms with Crippen LogP contribution in [0.4, 0.5) is 0 Å². The Balaban J connectivity index is 1.42. The first kappa shape index (κ1) is 20.9. The van der Waals surface area contributed by atoms with E-state index in [1.807, 2.05) is 48.5 Å². The Morgan fingerprint density at radius 1 is 0.500 bits per heavy atom. The van der Waals surface area contributed by atoms with E-state index in [0.717, 1.165) is 22.6 Å². The standard InChI is InChI=1S/C24H26O5S/c1-3-7-23-19(5-1)15-26-17-21-9-10-22(30-21)18-27-16-20-6-2-4-8-24(20)29-14-12-25-11-13-28-23/h1-10H,11-18H2. The molecule has 30 heavy (non-hydrogen) atoms. The third kappa shape index (κ3) is 6.06. The van der Waals surface area contributed by atoms with Gasteiger partial charge in [-0.15, -0.1) is 11.3 Å². The zero-order valence-corrected chi connectivity index (χ0v) is 17.7. The van der Waals surface area contributed by atoms with Crippen LogP contribution in [-0.2, 0) is 40.6 Å². The van der Waals surface area contributed by atoms with Gasteiger partial charge in [0.1, 0.15) is 24.7 Å². The molecular weight excluding hydrogens is 400 g/mol. The van der Waals surface area contributed by atoms with Gasteiger partial charge in [-0.3, -0.25) is 0 Å². The van der Waals surface area contributed by atoms with E-state index in [2.05, 4.69) is 12.1 Å². The highest BCUT2D eigenvalue weighted by Crippen LogP contribution is 2.23. The molecular formula is C24H26O5S. The van der Waals surface area contributed by atoms with E-state index in [0.29, 0.717) is 52.9 Å². The van der Waals surface area contributed by atoms with E-state index >= 15 is 0 Å². The van der Waals surface area contributed by atoms with E-state index in [4.69, 9.17) is 23.7 Å². The number of thiophene rings is 1. The Morgan fingerprint density at radius 2 is 1.00 bits per heavy atom. The average molecular weight is 427 g/mol. The normalized spacial score (nSPS) is 16.4. The highest BCUT2D eigenvalue weighted by Gasteiger charge is 2.08. The third-order valence-corrected chi connectivity index (χ3v) is 5.67. The van der Waals surface area contributed by atoms with Gasteiger partial charge in [0.2, 0.25) is 0 Å². The molecule has 0 saturated carbocycles. The predicted molar refractivity (Wildman–Crippen MR) is 116 cm³/mol. The molecule has 158 valence electrons. The molecule has 0 N–H and O–H groups in total. The van der Waals surface area contributed by atoms with Gasteiger partial charge in [-0.05, 0) is 24.3 Å². The number of benzene rings is 2. The second-order valence-electron chi connectivity index (χ2n) is 6.88. The molecule has 0 radical (unpaired) electrons. The minimum atomic E-state index is 0.482. The molecule has 3 aromatic rings. The topological polar surface area (TPSA) is 46.2 Å². The summed E-state index contributed by atoms with van der Waals surface area (Å²) in [5.41, 5.74) is 2.07. The van der Waals surface area contributed by atoms with E-state index in [1.54, 1.807) is 11.3 Å². The van der Waals surface area contributed by atoms with Gasteiger partial charge in [-0.25, -0.2) is 0 Å². The van der Waals surface area contributed by atoms with Crippen LogP contribution >= 0.6 is 11.3 Å². The first-order valence-electron chi connectivity index (χ1n) is 10.1. The number of rotatable bonds is 0.